The van der Waals surface area contributed by atoms with Crippen LogP contribution in [0.25, 0.3) is 0 Å². The Kier molecular flexibility index (Phi) is 33.8. The number of hydrogen-bond acceptors (Lipinski definition) is 3. The first-order valence-corrected chi connectivity index (χ1v) is 19.5. The number of rotatable bonds is 14. The van der Waals surface area contributed by atoms with E-state index < -0.39 is 40.3 Å². The molecular formula is C18H36N2OSn2-2. The summed E-state index contributed by atoms with van der Waals surface area (Å²) in [5.74, 6) is 0. The van der Waals surface area contributed by atoms with Crippen LogP contribution >= 0.6 is 0 Å². The van der Waals surface area contributed by atoms with Gasteiger partial charge in [0.2, 0.25) is 0 Å². The Morgan fingerprint density at radius 3 is 0.957 bits per heavy atom. The van der Waals surface area contributed by atoms with Crippen LogP contribution in [0.2, 0.25) is 17.7 Å². The van der Waals surface area contributed by atoms with E-state index >= 15 is 0 Å². The third-order valence-electron chi connectivity index (χ3n) is 3.53. The van der Waals surface area contributed by atoms with Gasteiger partial charge in [0, 0.05) is 0 Å². The summed E-state index contributed by atoms with van der Waals surface area (Å²) in [6, 6.07) is 0. The van der Waals surface area contributed by atoms with Crippen molar-refractivity contribution in [3.05, 3.63) is 13.1 Å². The average molecular weight is 534 g/mol. The van der Waals surface area contributed by atoms with Crippen LogP contribution in [0, 0.1) is 23.7 Å². The fourth-order valence-corrected chi connectivity index (χ4v) is 30.1. The molecule has 0 bridgehead atoms. The molecule has 0 aliphatic heterocycles. The minimum atomic E-state index is -1.42. The van der Waals surface area contributed by atoms with Gasteiger partial charge in [-0.05, 0) is 0 Å². The van der Waals surface area contributed by atoms with E-state index in [0.29, 0.717) is 0 Å². The van der Waals surface area contributed by atoms with E-state index in [9.17, 15) is 0 Å². The van der Waals surface area contributed by atoms with E-state index in [2.05, 4.69) is 27.7 Å². The third kappa shape index (κ3) is 22.5. The van der Waals surface area contributed by atoms with E-state index in [1.807, 2.05) is 0 Å². The van der Waals surface area contributed by atoms with Gasteiger partial charge in [-0.1, -0.05) is 0 Å². The summed E-state index contributed by atoms with van der Waals surface area (Å²) in [5, 5.41) is 12.5. The maximum Gasteiger partial charge on any atom is -0.488 e. The summed E-state index contributed by atoms with van der Waals surface area (Å²) in [7, 11) is 0. The zero-order valence-corrected chi connectivity index (χ0v) is 21.5. The molecular weight excluding hydrogens is 498 g/mol. The Hall–Kier alpha value is 0.537. The van der Waals surface area contributed by atoms with Crippen molar-refractivity contribution in [2.75, 3.05) is 0 Å². The Morgan fingerprint density at radius 1 is 0.565 bits per heavy atom. The smallest absolute Gasteiger partial charge is 0.488 e. The molecule has 5 heteroatoms. The summed E-state index contributed by atoms with van der Waals surface area (Å²) in [6.45, 7) is 18.8. The van der Waals surface area contributed by atoms with Gasteiger partial charge in [-0.25, -0.2) is 0 Å². The molecule has 0 amide bonds. The average Bonchev–Trinajstić information content (AvgIpc) is 2.62. The number of nitrogens with zero attached hydrogens (tertiary/aromatic N) is 2. The summed E-state index contributed by atoms with van der Waals surface area (Å²) in [5.41, 5.74) is 0. The van der Waals surface area contributed by atoms with Gasteiger partial charge in [-0.3, -0.25) is 0 Å². The van der Waals surface area contributed by atoms with Crippen LogP contribution in [0.5, 0.6) is 0 Å². The molecule has 0 spiro atoms. The van der Waals surface area contributed by atoms with E-state index in [4.69, 9.17) is 25.1 Å². The van der Waals surface area contributed by atoms with Gasteiger partial charge in [0.05, 0.1) is 0 Å². The molecule has 0 saturated heterocycles. The second-order valence-corrected chi connectivity index (χ2v) is 21.9. The molecule has 0 aromatic heterocycles. The van der Waals surface area contributed by atoms with Gasteiger partial charge in [-0.15, -0.1) is 0 Å². The minimum absolute atomic E-state index is 1.36. The normalized spacial score (nSPS) is 9.83. The Bertz CT molecular complexity index is 208. The molecule has 0 aliphatic carbocycles. The summed E-state index contributed by atoms with van der Waals surface area (Å²) in [6.07, 6.45) is 11.2. The van der Waals surface area contributed by atoms with Crippen LogP contribution in [0.4, 0.5) is 0 Å². The van der Waals surface area contributed by atoms with Gasteiger partial charge in [-0.2, -0.15) is 0 Å². The molecule has 23 heavy (non-hydrogen) atoms. The van der Waals surface area contributed by atoms with Crippen molar-refractivity contribution >= 4 is 40.3 Å². The topological polar surface area (TPSA) is 56.8 Å². The molecule has 134 valence electrons. The fourth-order valence-electron chi connectivity index (χ4n) is 2.15. The molecule has 0 aromatic rings. The second-order valence-electron chi connectivity index (χ2n) is 5.59. The Morgan fingerprint density at radius 2 is 0.783 bits per heavy atom. The summed E-state index contributed by atoms with van der Waals surface area (Å²) in [4.78, 5) is 0. The van der Waals surface area contributed by atoms with Crippen molar-refractivity contribution in [2.24, 2.45) is 0 Å². The van der Waals surface area contributed by atoms with Crippen molar-refractivity contribution in [2.45, 2.75) is 96.8 Å². The molecule has 0 saturated carbocycles. The molecule has 0 aromatic carbocycles. The SMILES string of the molecule is CCC[CH2][Sn]([CH2]CCC)[O][Sn]([CH2]CCC)[CH2]CCC.[C-]#N.[C-]#N. The first-order chi connectivity index (χ1) is 11.3. The van der Waals surface area contributed by atoms with Crippen molar-refractivity contribution < 1.29 is 1.41 Å². The van der Waals surface area contributed by atoms with Gasteiger partial charge in [0.15, 0.2) is 0 Å². The van der Waals surface area contributed by atoms with Crippen LogP contribution in [-0.2, 0) is 1.41 Å². The maximum atomic E-state index is 6.85. The van der Waals surface area contributed by atoms with Gasteiger partial charge in [0.25, 0.3) is 0 Å². The van der Waals surface area contributed by atoms with Crippen molar-refractivity contribution in [3.63, 3.8) is 0 Å². The first kappa shape index (κ1) is 28.3. The molecule has 0 aliphatic rings. The fraction of sp³-hybridized carbons (Fsp3) is 0.889. The second kappa shape index (κ2) is 27.4. The maximum absolute atomic E-state index is 6.85. The zero-order valence-electron chi connectivity index (χ0n) is 15.8. The van der Waals surface area contributed by atoms with Gasteiger partial charge >= 0.3 is 139 Å². The largest absolute Gasteiger partial charge is 0.512 e. The number of hydrogen-bond donors (Lipinski definition) is 0. The monoisotopic (exact) mass is 536 g/mol. The molecule has 0 rings (SSSR count). The number of unbranched alkanes of at least 4 members (excludes halogenated alkanes) is 4. The summed E-state index contributed by atoms with van der Waals surface area (Å²) < 4.78 is 12.9. The van der Waals surface area contributed by atoms with Gasteiger partial charge < -0.3 is 23.7 Å². The molecule has 0 fully saturated rings. The Labute approximate surface area is 161 Å². The van der Waals surface area contributed by atoms with Crippen LogP contribution in [0.3, 0.4) is 0 Å². The predicted molar refractivity (Wildman–Crippen MR) is 101 cm³/mol. The Balaban J connectivity index is -0.000000919. The zero-order chi connectivity index (χ0) is 18.3. The molecule has 0 unspecified atom stereocenters. The minimum Gasteiger partial charge on any atom is -0.512 e. The van der Waals surface area contributed by atoms with E-state index in [1.165, 1.54) is 69.1 Å². The quantitative estimate of drug-likeness (QED) is 0.192. The van der Waals surface area contributed by atoms with Crippen LogP contribution in [0.1, 0.15) is 79.1 Å². The van der Waals surface area contributed by atoms with E-state index in [1.54, 1.807) is 0 Å². The van der Waals surface area contributed by atoms with Crippen LogP contribution in [-0.4, -0.2) is 40.3 Å². The van der Waals surface area contributed by atoms with Crippen molar-refractivity contribution in [3.8, 4) is 0 Å². The van der Waals surface area contributed by atoms with Crippen molar-refractivity contribution in [1.82, 2.24) is 0 Å². The molecule has 0 N–H and O–H groups in total. The summed E-state index contributed by atoms with van der Waals surface area (Å²) >= 11 is -2.85. The molecule has 0 atom stereocenters. The molecule has 0 heterocycles. The van der Waals surface area contributed by atoms with E-state index in [-0.39, 0.29) is 0 Å². The third-order valence-corrected chi connectivity index (χ3v) is 26.6. The van der Waals surface area contributed by atoms with Crippen molar-refractivity contribution in [1.29, 1.82) is 10.5 Å². The predicted octanol–water partition coefficient (Wildman–Crippen LogP) is 6.38. The van der Waals surface area contributed by atoms with Gasteiger partial charge in [0.1, 0.15) is 0 Å². The van der Waals surface area contributed by atoms with Crippen LogP contribution < -0.4 is 0 Å². The molecule has 3 nitrogen and oxygen atoms in total. The first-order valence-electron chi connectivity index (χ1n) is 9.10. The molecule has 2 radical (unpaired) electrons. The van der Waals surface area contributed by atoms with Crippen LogP contribution in [0.15, 0.2) is 0 Å². The van der Waals surface area contributed by atoms with E-state index in [0.717, 1.165) is 0 Å². The standard InChI is InChI=1S/4C4H9.2CN.O.2Sn/c4*1-3-4-2;2*1-2;;;/h4*1,3-4H2,2H3;;;;;/q;;;;2*-1;;;.